The van der Waals surface area contributed by atoms with E-state index in [-0.39, 0.29) is 6.04 Å². The number of hydrogen-bond acceptors (Lipinski definition) is 3. The molecule has 1 aromatic carbocycles. The van der Waals surface area contributed by atoms with Crippen molar-refractivity contribution in [1.82, 2.24) is 5.32 Å². The second-order valence-corrected chi connectivity index (χ2v) is 4.68. The smallest absolute Gasteiger partial charge is 0.0290 e. The van der Waals surface area contributed by atoms with E-state index in [0.29, 0.717) is 12.5 Å². The summed E-state index contributed by atoms with van der Waals surface area (Å²) in [5, 5.41) is 3.31. The molecule has 2 atom stereocenters. The lowest BCUT2D eigenvalue weighted by molar-refractivity contribution is 0.582. The van der Waals surface area contributed by atoms with Gasteiger partial charge in [0.05, 0.1) is 0 Å². The fraction of sp³-hybridized carbons (Fsp3) is 0.571. The third-order valence-corrected chi connectivity index (χ3v) is 3.20. The lowest BCUT2D eigenvalue weighted by Gasteiger charge is -2.12. The first kappa shape index (κ1) is 14.2. The Balaban J connectivity index is 2.40. The molecule has 2 unspecified atom stereocenters. The Kier molecular flexibility index (Phi) is 6.19. The summed E-state index contributed by atoms with van der Waals surface area (Å²) in [4.78, 5) is 0. The molecule has 0 saturated heterocycles. The van der Waals surface area contributed by atoms with Crippen molar-refractivity contribution in [2.24, 2.45) is 11.5 Å². The van der Waals surface area contributed by atoms with Crippen molar-refractivity contribution in [3.8, 4) is 0 Å². The van der Waals surface area contributed by atoms with Crippen molar-refractivity contribution in [2.75, 3.05) is 13.1 Å². The Morgan fingerprint density at radius 3 is 2.41 bits per heavy atom. The Morgan fingerprint density at radius 1 is 1.24 bits per heavy atom. The van der Waals surface area contributed by atoms with Crippen LogP contribution in [0.2, 0.25) is 0 Å². The van der Waals surface area contributed by atoms with E-state index < -0.39 is 0 Å². The Hall–Kier alpha value is -0.900. The van der Waals surface area contributed by atoms with Crippen LogP contribution in [0.15, 0.2) is 24.3 Å². The van der Waals surface area contributed by atoms with Crippen LogP contribution in [-0.2, 0) is 6.54 Å². The number of hydrogen-bond donors (Lipinski definition) is 3. The van der Waals surface area contributed by atoms with Crippen molar-refractivity contribution in [3.63, 3.8) is 0 Å². The average Bonchev–Trinajstić information content (AvgIpc) is 2.38. The van der Waals surface area contributed by atoms with E-state index in [2.05, 4.69) is 43.4 Å². The molecule has 0 aromatic heterocycles. The standard InChI is InChI=1S/C14H25N3/c1-3-11(2)13-6-4-12(5-7-13)9-17-10-14(16)8-15/h4-7,11,14,17H,3,8-10,15-16H2,1-2H3. The highest BCUT2D eigenvalue weighted by atomic mass is 14.9. The minimum atomic E-state index is 0.0504. The molecule has 17 heavy (non-hydrogen) atoms. The lowest BCUT2D eigenvalue weighted by atomic mass is 9.98. The van der Waals surface area contributed by atoms with Crippen molar-refractivity contribution >= 4 is 0 Å². The number of benzene rings is 1. The SMILES string of the molecule is CCC(C)c1ccc(CNCC(N)CN)cc1. The number of rotatable bonds is 7. The Morgan fingerprint density at radius 2 is 1.88 bits per heavy atom. The minimum Gasteiger partial charge on any atom is -0.329 e. The summed E-state index contributed by atoms with van der Waals surface area (Å²) in [5.74, 6) is 0.641. The molecule has 0 aliphatic rings. The van der Waals surface area contributed by atoms with Gasteiger partial charge >= 0.3 is 0 Å². The molecule has 3 nitrogen and oxygen atoms in total. The summed E-state index contributed by atoms with van der Waals surface area (Å²) < 4.78 is 0. The van der Waals surface area contributed by atoms with Crippen molar-refractivity contribution in [3.05, 3.63) is 35.4 Å². The normalized spacial score (nSPS) is 14.6. The second-order valence-electron chi connectivity index (χ2n) is 4.68. The first-order valence-electron chi connectivity index (χ1n) is 6.42. The van der Waals surface area contributed by atoms with Gasteiger partial charge in [0.1, 0.15) is 0 Å². The lowest BCUT2D eigenvalue weighted by Crippen LogP contribution is -2.39. The zero-order valence-corrected chi connectivity index (χ0v) is 10.9. The summed E-state index contributed by atoms with van der Waals surface area (Å²) in [6.07, 6.45) is 1.18. The van der Waals surface area contributed by atoms with Gasteiger partial charge in [-0.15, -0.1) is 0 Å². The largest absolute Gasteiger partial charge is 0.329 e. The molecular formula is C14H25N3. The van der Waals surface area contributed by atoms with Crippen LogP contribution in [0.1, 0.15) is 37.3 Å². The molecule has 1 aromatic rings. The van der Waals surface area contributed by atoms with Gasteiger partial charge < -0.3 is 16.8 Å². The van der Waals surface area contributed by atoms with Crippen LogP contribution >= 0.6 is 0 Å². The highest BCUT2D eigenvalue weighted by Crippen LogP contribution is 2.18. The zero-order chi connectivity index (χ0) is 12.7. The van der Waals surface area contributed by atoms with Gasteiger partial charge in [-0.25, -0.2) is 0 Å². The van der Waals surface area contributed by atoms with E-state index in [1.165, 1.54) is 17.5 Å². The first-order valence-corrected chi connectivity index (χ1v) is 6.42. The number of nitrogens with two attached hydrogens (primary N) is 2. The average molecular weight is 235 g/mol. The molecule has 96 valence electrons. The van der Waals surface area contributed by atoms with E-state index in [1.807, 2.05) is 0 Å². The topological polar surface area (TPSA) is 64.1 Å². The van der Waals surface area contributed by atoms with Crippen LogP contribution < -0.4 is 16.8 Å². The molecule has 0 aliphatic heterocycles. The van der Waals surface area contributed by atoms with E-state index in [4.69, 9.17) is 11.5 Å². The molecule has 0 fully saturated rings. The highest BCUT2D eigenvalue weighted by molar-refractivity contribution is 5.24. The van der Waals surface area contributed by atoms with Gasteiger partial charge in [0.25, 0.3) is 0 Å². The minimum absolute atomic E-state index is 0.0504. The maximum atomic E-state index is 5.73. The zero-order valence-electron chi connectivity index (χ0n) is 10.9. The fourth-order valence-electron chi connectivity index (χ4n) is 1.68. The van der Waals surface area contributed by atoms with E-state index in [0.717, 1.165) is 13.1 Å². The van der Waals surface area contributed by atoms with Gasteiger partial charge in [0.2, 0.25) is 0 Å². The summed E-state index contributed by atoms with van der Waals surface area (Å²) in [5.41, 5.74) is 13.9. The van der Waals surface area contributed by atoms with Gasteiger partial charge in [0.15, 0.2) is 0 Å². The summed E-state index contributed by atoms with van der Waals surface area (Å²) >= 11 is 0. The van der Waals surface area contributed by atoms with Gasteiger partial charge in [0, 0.05) is 25.7 Å². The molecule has 0 spiro atoms. The predicted octanol–water partition coefficient (Wildman–Crippen LogP) is 1.58. The molecule has 3 heteroatoms. The molecule has 0 radical (unpaired) electrons. The van der Waals surface area contributed by atoms with Gasteiger partial charge in [-0.05, 0) is 23.5 Å². The molecule has 0 heterocycles. The first-order chi connectivity index (χ1) is 8.17. The monoisotopic (exact) mass is 235 g/mol. The van der Waals surface area contributed by atoms with Crippen LogP contribution in [0.4, 0.5) is 0 Å². The molecular weight excluding hydrogens is 210 g/mol. The Bertz CT molecular complexity index is 308. The highest BCUT2D eigenvalue weighted by Gasteiger charge is 2.02. The van der Waals surface area contributed by atoms with Gasteiger partial charge in [-0.2, -0.15) is 0 Å². The molecule has 5 N–H and O–H groups in total. The van der Waals surface area contributed by atoms with Crippen molar-refractivity contribution < 1.29 is 0 Å². The van der Waals surface area contributed by atoms with Crippen LogP contribution in [0, 0.1) is 0 Å². The van der Waals surface area contributed by atoms with E-state index in [1.54, 1.807) is 0 Å². The van der Waals surface area contributed by atoms with Crippen LogP contribution in [0.25, 0.3) is 0 Å². The quantitative estimate of drug-likeness (QED) is 0.672. The van der Waals surface area contributed by atoms with Crippen molar-refractivity contribution in [2.45, 2.75) is 38.8 Å². The van der Waals surface area contributed by atoms with Crippen molar-refractivity contribution in [1.29, 1.82) is 0 Å². The van der Waals surface area contributed by atoms with E-state index >= 15 is 0 Å². The maximum Gasteiger partial charge on any atom is 0.0290 e. The summed E-state index contributed by atoms with van der Waals surface area (Å²) in [6.45, 7) is 6.62. The van der Waals surface area contributed by atoms with Crippen LogP contribution in [-0.4, -0.2) is 19.1 Å². The molecule has 0 amide bonds. The Labute approximate surface area is 105 Å². The van der Waals surface area contributed by atoms with Crippen LogP contribution in [0.5, 0.6) is 0 Å². The second kappa shape index (κ2) is 7.43. The molecule has 1 rings (SSSR count). The number of nitrogens with one attached hydrogen (secondary N) is 1. The summed E-state index contributed by atoms with van der Waals surface area (Å²) in [7, 11) is 0. The maximum absolute atomic E-state index is 5.73. The molecule has 0 bridgehead atoms. The van der Waals surface area contributed by atoms with Gasteiger partial charge in [-0.1, -0.05) is 38.1 Å². The van der Waals surface area contributed by atoms with Crippen LogP contribution in [0.3, 0.4) is 0 Å². The molecule has 0 aliphatic carbocycles. The third-order valence-electron chi connectivity index (χ3n) is 3.20. The summed E-state index contributed by atoms with van der Waals surface area (Å²) in [6, 6.07) is 8.85. The predicted molar refractivity (Wildman–Crippen MR) is 73.9 cm³/mol. The fourth-order valence-corrected chi connectivity index (χ4v) is 1.68. The third kappa shape index (κ3) is 4.86. The van der Waals surface area contributed by atoms with Gasteiger partial charge in [-0.3, -0.25) is 0 Å². The van der Waals surface area contributed by atoms with E-state index in [9.17, 15) is 0 Å². The molecule has 0 saturated carbocycles.